The van der Waals surface area contributed by atoms with Crippen LogP contribution in [0.4, 0.5) is 0 Å². The van der Waals surface area contributed by atoms with Crippen LogP contribution in [0.3, 0.4) is 0 Å². The van der Waals surface area contributed by atoms with Crippen LogP contribution in [-0.2, 0) is 6.42 Å². The van der Waals surface area contributed by atoms with Crippen LogP contribution in [0.1, 0.15) is 30.6 Å². The van der Waals surface area contributed by atoms with Crippen molar-refractivity contribution in [1.29, 1.82) is 0 Å². The molecule has 15 heavy (non-hydrogen) atoms. The monoisotopic (exact) mass is 223 g/mol. The van der Waals surface area contributed by atoms with Gasteiger partial charge in [0.25, 0.3) is 0 Å². The van der Waals surface area contributed by atoms with Crippen LogP contribution < -0.4 is 0 Å². The van der Waals surface area contributed by atoms with Crippen LogP contribution in [0.2, 0.25) is 0 Å². The van der Waals surface area contributed by atoms with Gasteiger partial charge >= 0.3 is 0 Å². The van der Waals surface area contributed by atoms with Gasteiger partial charge in [-0.1, -0.05) is 13.0 Å². The molecule has 0 unspecified atom stereocenters. The molecule has 0 bridgehead atoms. The van der Waals surface area contributed by atoms with Crippen LogP contribution in [0.5, 0.6) is 0 Å². The zero-order valence-corrected chi connectivity index (χ0v) is 10.2. The highest BCUT2D eigenvalue weighted by Crippen LogP contribution is 2.21. The van der Waals surface area contributed by atoms with Crippen molar-refractivity contribution in [1.82, 2.24) is 14.3 Å². The highest BCUT2D eigenvalue weighted by molar-refractivity contribution is 7.06. The van der Waals surface area contributed by atoms with Crippen molar-refractivity contribution in [3.05, 3.63) is 16.9 Å². The number of hydrogen-bond donors (Lipinski definition) is 0. The predicted molar refractivity (Wildman–Crippen MR) is 64.0 cm³/mol. The SMILES string of the molecule is CCCc1nsc(C2=CCCN(C)C2)n1. The Morgan fingerprint density at radius 2 is 2.40 bits per heavy atom. The molecular formula is C11H17N3S. The van der Waals surface area contributed by atoms with E-state index in [2.05, 4.69) is 34.3 Å². The van der Waals surface area contributed by atoms with Crippen LogP contribution in [0.15, 0.2) is 6.08 Å². The number of likely N-dealkylation sites (N-methyl/N-ethyl adjacent to an activating group) is 1. The number of hydrogen-bond acceptors (Lipinski definition) is 4. The minimum absolute atomic E-state index is 1.000. The maximum atomic E-state index is 4.57. The van der Waals surface area contributed by atoms with Crippen LogP contribution in [-0.4, -0.2) is 34.4 Å². The quantitative estimate of drug-likeness (QED) is 0.786. The molecule has 0 spiro atoms. The molecule has 0 aliphatic carbocycles. The zero-order valence-electron chi connectivity index (χ0n) is 9.36. The fourth-order valence-corrected chi connectivity index (χ4v) is 2.49. The van der Waals surface area contributed by atoms with Gasteiger partial charge in [0, 0.05) is 19.5 Å². The molecule has 0 N–H and O–H groups in total. The largest absolute Gasteiger partial charge is 0.302 e. The molecule has 0 saturated heterocycles. The predicted octanol–water partition coefficient (Wildman–Crippen LogP) is 2.21. The van der Waals surface area contributed by atoms with E-state index in [0.717, 1.165) is 43.2 Å². The molecule has 1 aromatic heterocycles. The lowest BCUT2D eigenvalue weighted by atomic mass is 10.1. The molecule has 1 aliphatic heterocycles. The van der Waals surface area contributed by atoms with Gasteiger partial charge in [0.2, 0.25) is 0 Å². The first-order chi connectivity index (χ1) is 7.29. The number of nitrogens with zero attached hydrogens (tertiary/aromatic N) is 3. The second-order valence-electron chi connectivity index (χ2n) is 4.02. The van der Waals surface area contributed by atoms with Gasteiger partial charge in [-0.3, -0.25) is 0 Å². The normalized spacial score (nSPS) is 17.9. The van der Waals surface area contributed by atoms with Gasteiger partial charge in [-0.25, -0.2) is 4.98 Å². The molecule has 0 amide bonds. The number of rotatable bonds is 3. The third-order valence-electron chi connectivity index (χ3n) is 2.56. The first-order valence-electron chi connectivity index (χ1n) is 5.50. The fourth-order valence-electron chi connectivity index (χ4n) is 1.76. The highest BCUT2D eigenvalue weighted by atomic mass is 32.1. The lowest BCUT2D eigenvalue weighted by Gasteiger charge is -2.21. The molecule has 82 valence electrons. The Morgan fingerprint density at radius 3 is 3.13 bits per heavy atom. The summed E-state index contributed by atoms with van der Waals surface area (Å²) >= 11 is 1.54. The molecule has 0 saturated carbocycles. The molecule has 4 heteroatoms. The minimum Gasteiger partial charge on any atom is -0.302 e. The first-order valence-corrected chi connectivity index (χ1v) is 6.27. The fraction of sp³-hybridized carbons (Fsp3) is 0.636. The van der Waals surface area contributed by atoms with E-state index >= 15 is 0 Å². The maximum absolute atomic E-state index is 4.57. The maximum Gasteiger partial charge on any atom is 0.143 e. The second-order valence-corrected chi connectivity index (χ2v) is 4.77. The van der Waals surface area contributed by atoms with E-state index in [1.165, 1.54) is 5.57 Å². The average molecular weight is 223 g/mol. The minimum atomic E-state index is 1.000. The molecule has 0 fully saturated rings. The molecule has 2 heterocycles. The lowest BCUT2D eigenvalue weighted by molar-refractivity contribution is 0.373. The summed E-state index contributed by atoms with van der Waals surface area (Å²) in [5, 5.41) is 1.12. The van der Waals surface area contributed by atoms with E-state index in [9.17, 15) is 0 Å². The number of aromatic nitrogens is 2. The smallest absolute Gasteiger partial charge is 0.143 e. The van der Waals surface area contributed by atoms with Crippen molar-refractivity contribution in [2.75, 3.05) is 20.1 Å². The molecule has 0 aromatic carbocycles. The van der Waals surface area contributed by atoms with Crippen molar-refractivity contribution in [3.63, 3.8) is 0 Å². The zero-order chi connectivity index (χ0) is 10.7. The van der Waals surface area contributed by atoms with E-state index < -0.39 is 0 Å². The van der Waals surface area contributed by atoms with E-state index in [4.69, 9.17) is 0 Å². The summed E-state index contributed by atoms with van der Waals surface area (Å²) in [6.45, 7) is 4.33. The summed E-state index contributed by atoms with van der Waals surface area (Å²) in [6.07, 6.45) is 5.56. The summed E-state index contributed by atoms with van der Waals surface area (Å²) in [5.41, 5.74) is 1.35. The summed E-state index contributed by atoms with van der Waals surface area (Å²) < 4.78 is 4.38. The Morgan fingerprint density at radius 1 is 1.53 bits per heavy atom. The van der Waals surface area contributed by atoms with Crippen LogP contribution >= 0.6 is 11.5 Å². The standard InChI is InChI=1S/C11H17N3S/c1-3-5-10-12-11(15-13-10)9-6-4-7-14(2)8-9/h6H,3-5,7-8H2,1-2H3. The first kappa shape index (κ1) is 10.8. The topological polar surface area (TPSA) is 29.0 Å². The Kier molecular flexibility index (Phi) is 3.49. The van der Waals surface area contributed by atoms with E-state index in [-0.39, 0.29) is 0 Å². The van der Waals surface area contributed by atoms with Gasteiger partial charge < -0.3 is 4.90 Å². The third-order valence-corrected chi connectivity index (χ3v) is 3.39. The summed E-state index contributed by atoms with van der Waals surface area (Å²) in [5.74, 6) is 1.01. The van der Waals surface area contributed by atoms with Gasteiger partial charge in [0.15, 0.2) is 0 Å². The second kappa shape index (κ2) is 4.86. The molecule has 0 radical (unpaired) electrons. The van der Waals surface area contributed by atoms with Crippen molar-refractivity contribution in [2.24, 2.45) is 0 Å². The lowest BCUT2D eigenvalue weighted by Crippen LogP contribution is -2.24. The van der Waals surface area contributed by atoms with Gasteiger partial charge in [-0.15, -0.1) is 0 Å². The molecule has 0 atom stereocenters. The van der Waals surface area contributed by atoms with E-state index in [0.29, 0.717) is 0 Å². The Bertz CT molecular complexity index is 356. The van der Waals surface area contributed by atoms with Crippen LogP contribution in [0.25, 0.3) is 5.57 Å². The van der Waals surface area contributed by atoms with Gasteiger partial charge in [-0.2, -0.15) is 4.37 Å². The summed E-state index contributed by atoms with van der Waals surface area (Å²) in [7, 11) is 2.15. The molecule has 2 rings (SSSR count). The molecule has 3 nitrogen and oxygen atoms in total. The average Bonchev–Trinajstić information content (AvgIpc) is 2.67. The molecular weight excluding hydrogens is 206 g/mol. The van der Waals surface area contributed by atoms with Crippen molar-refractivity contribution >= 4 is 17.1 Å². The van der Waals surface area contributed by atoms with Gasteiger partial charge in [0.05, 0.1) is 0 Å². The van der Waals surface area contributed by atoms with Crippen molar-refractivity contribution < 1.29 is 0 Å². The van der Waals surface area contributed by atoms with Crippen LogP contribution in [0, 0.1) is 0 Å². The summed E-state index contributed by atoms with van der Waals surface area (Å²) in [4.78, 5) is 6.90. The Labute approximate surface area is 95.0 Å². The Balaban J connectivity index is 2.11. The Hall–Kier alpha value is -0.740. The van der Waals surface area contributed by atoms with Crippen molar-refractivity contribution in [2.45, 2.75) is 26.2 Å². The van der Waals surface area contributed by atoms with E-state index in [1.807, 2.05) is 0 Å². The third kappa shape index (κ3) is 2.63. The van der Waals surface area contributed by atoms with Gasteiger partial charge in [-0.05, 0) is 37.0 Å². The summed E-state index contributed by atoms with van der Waals surface area (Å²) in [6, 6.07) is 0. The number of aryl methyl sites for hydroxylation is 1. The highest BCUT2D eigenvalue weighted by Gasteiger charge is 2.14. The van der Waals surface area contributed by atoms with Gasteiger partial charge in [0.1, 0.15) is 10.8 Å². The molecule has 1 aromatic rings. The van der Waals surface area contributed by atoms with E-state index in [1.54, 1.807) is 11.5 Å². The van der Waals surface area contributed by atoms with Crippen molar-refractivity contribution in [3.8, 4) is 0 Å². The molecule has 1 aliphatic rings.